The van der Waals surface area contributed by atoms with Crippen LogP contribution in [-0.4, -0.2) is 7.11 Å². The number of thiophene rings is 1. The predicted octanol–water partition coefficient (Wildman–Crippen LogP) is 4.61. The second-order valence-corrected chi connectivity index (χ2v) is 7.07. The molecule has 102 valence electrons. The minimum Gasteiger partial charge on any atom is -0.496 e. The van der Waals surface area contributed by atoms with Gasteiger partial charge in [0.15, 0.2) is 0 Å². The number of methoxy groups -OCH3 is 1. The van der Waals surface area contributed by atoms with Gasteiger partial charge in [-0.1, -0.05) is 26.8 Å². The summed E-state index contributed by atoms with van der Waals surface area (Å²) in [5.74, 6) is 0.942. The fourth-order valence-corrected chi connectivity index (χ4v) is 3.07. The standard InChI is InChI=1S/C16H21NOS/c1-10-12(9-15(17)19-10)11-6-7-14(18-5)13(8-11)16(2,3)4/h6-9H,17H2,1-5H3. The number of rotatable bonds is 2. The van der Waals surface area contributed by atoms with Gasteiger partial charge in [0.05, 0.1) is 12.1 Å². The summed E-state index contributed by atoms with van der Waals surface area (Å²) in [4.78, 5) is 1.25. The minimum absolute atomic E-state index is 0.0524. The highest BCUT2D eigenvalue weighted by atomic mass is 32.1. The molecule has 3 heteroatoms. The van der Waals surface area contributed by atoms with E-state index < -0.39 is 0 Å². The van der Waals surface area contributed by atoms with E-state index in [1.807, 2.05) is 12.1 Å². The summed E-state index contributed by atoms with van der Waals surface area (Å²) < 4.78 is 5.48. The molecule has 1 aromatic heterocycles. The Labute approximate surface area is 119 Å². The largest absolute Gasteiger partial charge is 0.496 e. The van der Waals surface area contributed by atoms with E-state index in [0.29, 0.717) is 0 Å². The second-order valence-electron chi connectivity index (χ2n) is 5.78. The molecule has 2 nitrogen and oxygen atoms in total. The van der Waals surface area contributed by atoms with Gasteiger partial charge in [-0.25, -0.2) is 0 Å². The lowest BCUT2D eigenvalue weighted by molar-refractivity contribution is 0.397. The molecule has 0 saturated heterocycles. The zero-order chi connectivity index (χ0) is 14.2. The van der Waals surface area contributed by atoms with Crippen LogP contribution < -0.4 is 10.5 Å². The van der Waals surface area contributed by atoms with Gasteiger partial charge in [-0.15, -0.1) is 11.3 Å². The number of anilines is 1. The summed E-state index contributed by atoms with van der Waals surface area (Å²) in [7, 11) is 1.72. The highest BCUT2D eigenvalue weighted by Crippen LogP contribution is 2.38. The van der Waals surface area contributed by atoms with Crippen LogP contribution in [0.1, 0.15) is 31.2 Å². The molecule has 0 radical (unpaired) electrons. The van der Waals surface area contributed by atoms with Crippen LogP contribution in [0.25, 0.3) is 11.1 Å². The fourth-order valence-electron chi connectivity index (χ4n) is 2.25. The van der Waals surface area contributed by atoms with Crippen molar-refractivity contribution in [1.82, 2.24) is 0 Å². The van der Waals surface area contributed by atoms with Gasteiger partial charge in [0.1, 0.15) is 5.75 Å². The first-order valence-electron chi connectivity index (χ1n) is 6.37. The van der Waals surface area contributed by atoms with Gasteiger partial charge in [-0.05, 0) is 41.7 Å². The van der Waals surface area contributed by atoms with Crippen molar-refractivity contribution in [3.63, 3.8) is 0 Å². The van der Waals surface area contributed by atoms with Crippen LogP contribution in [0.5, 0.6) is 5.75 Å². The van der Waals surface area contributed by atoms with Crippen molar-refractivity contribution in [3.05, 3.63) is 34.7 Å². The number of hydrogen-bond acceptors (Lipinski definition) is 3. The molecular formula is C16H21NOS. The minimum atomic E-state index is 0.0524. The summed E-state index contributed by atoms with van der Waals surface area (Å²) >= 11 is 1.63. The van der Waals surface area contributed by atoms with Crippen molar-refractivity contribution in [2.75, 3.05) is 12.8 Å². The number of nitrogen functional groups attached to an aromatic ring is 1. The molecule has 0 aliphatic carbocycles. The Morgan fingerprint density at radius 1 is 1.16 bits per heavy atom. The maximum absolute atomic E-state index is 5.89. The molecule has 0 spiro atoms. The van der Waals surface area contributed by atoms with Crippen LogP contribution in [0.15, 0.2) is 24.3 Å². The lowest BCUT2D eigenvalue weighted by atomic mass is 9.84. The molecule has 19 heavy (non-hydrogen) atoms. The van der Waals surface area contributed by atoms with Gasteiger partial charge >= 0.3 is 0 Å². The van der Waals surface area contributed by atoms with Crippen molar-refractivity contribution in [3.8, 4) is 16.9 Å². The van der Waals surface area contributed by atoms with Gasteiger partial charge in [-0.2, -0.15) is 0 Å². The maximum Gasteiger partial charge on any atom is 0.122 e. The number of nitrogens with two attached hydrogens (primary N) is 1. The van der Waals surface area contributed by atoms with E-state index in [9.17, 15) is 0 Å². The molecular weight excluding hydrogens is 254 g/mol. The first-order valence-corrected chi connectivity index (χ1v) is 7.19. The third-order valence-corrected chi connectivity index (χ3v) is 4.13. The smallest absolute Gasteiger partial charge is 0.122 e. The van der Waals surface area contributed by atoms with Gasteiger partial charge in [0.2, 0.25) is 0 Å². The Balaban J connectivity index is 2.58. The Morgan fingerprint density at radius 2 is 1.84 bits per heavy atom. The number of benzene rings is 1. The lowest BCUT2D eigenvalue weighted by Crippen LogP contribution is -2.12. The molecule has 1 aromatic carbocycles. The van der Waals surface area contributed by atoms with Crippen molar-refractivity contribution >= 4 is 16.3 Å². The number of hydrogen-bond donors (Lipinski definition) is 1. The molecule has 0 aliphatic rings. The number of aryl methyl sites for hydroxylation is 1. The normalized spacial score (nSPS) is 11.6. The van der Waals surface area contributed by atoms with Gasteiger partial charge in [0.25, 0.3) is 0 Å². The van der Waals surface area contributed by atoms with E-state index in [0.717, 1.165) is 10.8 Å². The average molecular weight is 275 g/mol. The third kappa shape index (κ3) is 2.76. The highest BCUT2D eigenvalue weighted by molar-refractivity contribution is 7.16. The SMILES string of the molecule is COc1ccc(-c2cc(N)sc2C)cc1C(C)(C)C. The Kier molecular flexibility index (Phi) is 3.59. The monoisotopic (exact) mass is 275 g/mol. The summed E-state index contributed by atoms with van der Waals surface area (Å²) in [6.45, 7) is 8.70. The van der Waals surface area contributed by atoms with E-state index in [-0.39, 0.29) is 5.41 Å². The van der Waals surface area contributed by atoms with Crippen LogP contribution in [0.3, 0.4) is 0 Å². The van der Waals surface area contributed by atoms with E-state index in [1.165, 1.54) is 21.6 Å². The summed E-state index contributed by atoms with van der Waals surface area (Å²) in [5.41, 5.74) is 9.59. The second kappa shape index (κ2) is 4.89. The van der Waals surface area contributed by atoms with E-state index >= 15 is 0 Å². The van der Waals surface area contributed by atoms with Crippen LogP contribution >= 0.6 is 11.3 Å². The Morgan fingerprint density at radius 3 is 2.32 bits per heavy atom. The van der Waals surface area contributed by atoms with Crippen LogP contribution in [0.2, 0.25) is 0 Å². The maximum atomic E-state index is 5.89. The first-order chi connectivity index (χ1) is 8.82. The summed E-state index contributed by atoms with van der Waals surface area (Å²) in [5, 5.41) is 0.862. The summed E-state index contributed by atoms with van der Waals surface area (Å²) in [6.07, 6.45) is 0. The topological polar surface area (TPSA) is 35.2 Å². The quantitative estimate of drug-likeness (QED) is 0.868. The van der Waals surface area contributed by atoms with Crippen molar-refractivity contribution in [1.29, 1.82) is 0 Å². The molecule has 2 aromatic rings. The highest BCUT2D eigenvalue weighted by Gasteiger charge is 2.20. The molecule has 1 heterocycles. The van der Waals surface area contributed by atoms with E-state index in [4.69, 9.17) is 10.5 Å². The molecule has 0 aliphatic heterocycles. The first kappa shape index (κ1) is 13.9. The van der Waals surface area contributed by atoms with E-state index in [1.54, 1.807) is 18.4 Å². The fraction of sp³-hybridized carbons (Fsp3) is 0.375. The zero-order valence-corrected chi connectivity index (χ0v) is 13.0. The van der Waals surface area contributed by atoms with Gasteiger partial charge in [-0.3, -0.25) is 0 Å². The van der Waals surface area contributed by atoms with Crippen LogP contribution in [0.4, 0.5) is 5.00 Å². The van der Waals surface area contributed by atoms with Gasteiger partial charge < -0.3 is 10.5 Å². The average Bonchev–Trinajstić information content (AvgIpc) is 2.66. The molecule has 2 N–H and O–H groups in total. The predicted molar refractivity (Wildman–Crippen MR) is 84.2 cm³/mol. The summed E-state index contributed by atoms with van der Waals surface area (Å²) in [6, 6.07) is 8.41. The van der Waals surface area contributed by atoms with Crippen molar-refractivity contribution in [2.45, 2.75) is 33.1 Å². The molecule has 0 unspecified atom stereocenters. The van der Waals surface area contributed by atoms with E-state index in [2.05, 4.69) is 39.8 Å². The third-order valence-electron chi connectivity index (χ3n) is 3.26. The number of ether oxygens (including phenoxy) is 1. The molecule has 0 saturated carbocycles. The van der Waals surface area contributed by atoms with Crippen LogP contribution in [0, 0.1) is 6.92 Å². The molecule has 0 fully saturated rings. The Bertz CT molecular complexity index is 593. The van der Waals surface area contributed by atoms with Crippen molar-refractivity contribution in [2.24, 2.45) is 0 Å². The molecule has 0 bridgehead atoms. The Hall–Kier alpha value is -1.48. The lowest BCUT2D eigenvalue weighted by Gasteiger charge is -2.23. The van der Waals surface area contributed by atoms with Gasteiger partial charge in [0, 0.05) is 10.4 Å². The zero-order valence-electron chi connectivity index (χ0n) is 12.2. The van der Waals surface area contributed by atoms with Crippen molar-refractivity contribution < 1.29 is 4.74 Å². The molecule has 0 atom stereocenters. The van der Waals surface area contributed by atoms with Crippen LogP contribution in [-0.2, 0) is 5.41 Å². The molecule has 0 amide bonds. The molecule has 2 rings (SSSR count).